The molecule has 0 amide bonds. The van der Waals surface area contributed by atoms with E-state index < -0.39 is 15.7 Å². The van der Waals surface area contributed by atoms with Crippen molar-refractivity contribution >= 4 is 26.6 Å². The molecule has 0 spiro atoms. The Bertz CT molecular complexity index is 1330. The van der Waals surface area contributed by atoms with Crippen molar-refractivity contribution in [1.29, 1.82) is 0 Å². The molecule has 3 aromatic heterocycles. The van der Waals surface area contributed by atoms with E-state index in [1.165, 1.54) is 18.2 Å². The van der Waals surface area contributed by atoms with E-state index in [1.54, 1.807) is 13.1 Å². The molecule has 4 aromatic rings. The second kappa shape index (κ2) is 6.62. The molecule has 0 aliphatic heterocycles. The number of sulfone groups is 1. The summed E-state index contributed by atoms with van der Waals surface area (Å²) in [5, 5.41) is 8.63. The third-order valence-corrected chi connectivity index (χ3v) is 7.84. The molecule has 1 fully saturated rings. The van der Waals surface area contributed by atoms with Crippen LogP contribution in [-0.4, -0.2) is 38.7 Å². The fourth-order valence-electron chi connectivity index (χ4n) is 4.49. The first kappa shape index (κ1) is 18.2. The topological polar surface area (TPSA) is 93.0 Å². The smallest absolute Gasteiger partial charge is 0.179 e. The number of aryl methyl sites for hydroxylation is 1. The number of hydrogen-bond donors (Lipinski definition) is 1. The van der Waals surface area contributed by atoms with Crippen LogP contribution in [0.5, 0.6) is 0 Å². The van der Waals surface area contributed by atoms with Gasteiger partial charge in [-0.1, -0.05) is 0 Å². The van der Waals surface area contributed by atoms with Crippen LogP contribution >= 0.6 is 0 Å². The standard InChI is InChI=1S/C20H20FN5O2S/c1-12-8-15(21)4-5-17(12)29(27,28)11-13-2-3-14(9-13)20-25-24-18-10-23-19-16(26(18)20)6-7-22-19/h4-8,10,13-14,22H,2-3,9,11H2,1H3/t13-,14+/m0/s1. The summed E-state index contributed by atoms with van der Waals surface area (Å²) in [6.45, 7) is 1.63. The van der Waals surface area contributed by atoms with Crippen LogP contribution in [0.15, 0.2) is 41.6 Å². The molecule has 1 aliphatic carbocycles. The van der Waals surface area contributed by atoms with Crippen molar-refractivity contribution in [3.8, 4) is 0 Å². The first-order valence-corrected chi connectivity index (χ1v) is 11.2. The Morgan fingerprint density at radius 3 is 2.93 bits per heavy atom. The van der Waals surface area contributed by atoms with Gasteiger partial charge in [-0.25, -0.2) is 17.8 Å². The van der Waals surface area contributed by atoms with Crippen LogP contribution in [-0.2, 0) is 9.84 Å². The first-order valence-electron chi connectivity index (χ1n) is 9.58. The zero-order chi connectivity index (χ0) is 20.2. The first-order chi connectivity index (χ1) is 13.9. The average molecular weight is 413 g/mol. The van der Waals surface area contributed by atoms with E-state index in [1.807, 2.05) is 16.7 Å². The summed E-state index contributed by atoms with van der Waals surface area (Å²) in [7, 11) is -3.48. The van der Waals surface area contributed by atoms with Crippen molar-refractivity contribution in [2.45, 2.75) is 37.0 Å². The van der Waals surface area contributed by atoms with E-state index in [0.29, 0.717) is 11.2 Å². The van der Waals surface area contributed by atoms with Gasteiger partial charge in [0, 0.05) is 12.1 Å². The highest BCUT2D eigenvalue weighted by atomic mass is 32.2. The molecular weight excluding hydrogens is 393 g/mol. The van der Waals surface area contributed by atoms with E-state index in [9.17, 15) is 12.8 Å². The molecule has 9 heteroatoms. The molecule has 29 heavy (non-hydrogen) atoms. The summed E-state index contributed by atoms with van der Waals surface area (Å²) in [6.07, 6.45) is 5.91. The predicted octanol–water partition coefficient (Wildman–Crippen LogP) is 3.41. The number of benzene rings is 1. The molecule has 2 atom stereocenters. The van der Waals surface area contributed by atoms with Gasteiger partial charge in [0.05, 0.1) is 22.4 Å². The van der Waals surface area contributed by atoms with Crippen molar-refractivity contribution in [2.75, 3.05) is 5.75 Å². The summed E-state index contributed by atoms with van der Waals surface area (Å²) in [6, 6.07) is 5.78. The second-order valence-corrected chi connectivity index (χ2v) is 9.79. The number of aromatic amines is 1. The Balaban J connectivity index is 1.41. The molecule has 5 rings (SSSR count). The predicted molar refractivity (Wildman–Crippen MR) is 106 cm³/mol. The van der Waals surface area contributed by atoms with Gasteiger partial charge in [-0.3, -0.25) is 4.40 Å². The maximum absolute atomic E-state index is 13.3. The maximum Gasteiger partial charge on any atom is 0.179 e. The van der Waals surface area contributed by atoms with Crippen molar-refractivity contribution in [2.24, 2.45) is 5.92 Å². The molecule has 1 saturated carbocycles. The lowest BCUT2D eigenvalue weighted by Gasteiger charge is -2.13. The lowest BCUT2D eigenvalue weighted by Crippen LogP contribution is -2.16. The largest absolute Gasteiger partial charge is 0.345 e. The average Bonchev–Trinajstić information content (AvgIpc) is 3.38. The van der Waals surface area contributed by atoms with E-state index in [4.69, 9.17) is 0 Å². The number of nitrogens with one attached hydrogen (secondary N) is 1. The number of hydrogen-bond acceptors (Lipinski definition) is 5. The van der Waals surface area contributed by atoms with Crippen LogP contribution in [0.1, 0.15) is 36.6 Å². The molecular formula is C20H20FN5O2S. The van der Waals surface area contributed by atoms with Gasteiger partial charge >= 0.3 is 0 Å². The second-order valence-electron chi connectivity index (χ2n) is 7.79. The lowest BCUT2D eigenvalue weighted by molar-refractivity contribution is 0.549. The van der Waals surface area contributed by atoms with Crippen LogP contribution < -0.4 is 0 Å². The minimum Gasteiger partial charge on any atom is -0.345 e. The van der Waals surface area contributed by atoms with Crippen LogP contribution in [0, 0.1) is 18.7 Å². The molecule has 0 bridgehead atoms. The van der Waals surface area contributed by atoms with E-state index in [-0.39, 0.29) is 22.5 Å². The molecule has 0 saturated heterocycles. The van der Waals surface area contributed by atoms with Crippen molar-refractivity contribution in [3.63, 3.8) is 0 Å². The molecule has 7 nitrogen and oxygen atoms in total. The van der Waals surface area contributed by atoms with Gasteiger partial charge in [0.2, 0.25) is 0 Å². The van der Waals surface area contributed by atoms with Crippen molar-refractivity contribution in [3.05, 3.63) is 53.9 Å². The molecule has 3 heterocycles. The summed E-state index contributed by atoms with van der Waals surface area (Å²) in [4.78, 5) is 7.65. The molecule has 0 unspecified atom stereocenters. The molecule has 1 N–H and O–H groups in total. The number of aromatic nitrogens is 5. The molecule has 0 radical (unpaired) electrons. The molecule has 1 aliphatic rings. The van der Waals surface area contributed by atoms with Gasteiger partial charge in [-0.15, -0.1) is 10.2 Å². The minimum atomic E-state index is -3.48. The zero-order valence-corrected chi connectivity index (χ0v) is 16.7. The summed E-state index contributed by atoms with van der Waals surface area (Å²) in [5.74, 6) is 0.662. The fourth-order valence-corrected chi connectivity index (χ4v) is 6.41. The van der Waals surface area contributed by atoms with E-state index >= 15 is 0 Å². The van der Waals surface area contributed by atoms with Crippen molar-refractivity contribution in [1.82, 2.24) is 24.6 Å². The summed E-state index contributed by atoms with van der Waals surface area (Å²) < 4.78 is 41.1. The van der Waals surface area contributed by atoms with Gasteiger partial charge in [0.1, 0.15) is 11.6 Å². The Kier molecular flexibility index (Phi) is 4.16. The van der Waals surface area contributed by atoms with Crippen LogP contribution in [0.2, 0.25) is 0 Å². The number of nitrogens with zero attached hydrogens (tertiary/aromatic N) is 4. The Morgan fingerprint density at radius 1 is 1.24 bits per heavy atom. The lowest BCUT2D eigenvalue weighted by atomic mass is 10.1. The van der Waals surface area contributed by atoms with Crippen molar-refractivity contribution < 1.29 is 12.8 Å². The van der Waals surface area contributed by atoms with Gasteiger partial charge < -0.3 is 4.98 Å². The van der Waals surface area contributed by atoms with E-state index in [0.717, 1.165) is 36.3 Å². The Labute approximate surface area is 166 Å². The highest BCUT2D eigenvalue weighted by Gasteiger charge is 2.33. The summed E-state index contributed by atoms with van der Waals surface area (Å²) in [5.41, 5.74) is 2.82. The highest BCUT2D eigenvalue weighted by Crippen LogP contribution is 2.39. The van der Waals surface area contributed by atoms with Crippen LogP contribution in [0.25, 0.3) is 16.8 Å². The number of halogens is 1. The SMILES string of the molecule is Cc1cc(F)ccc1S(=O)(=O)C[C@H]1CC[C@@H](c2nnc3cnc4[nH]ccc4n23)C1. The van der Waals surface area contributed by atoms with E-state index in [2.05, 4.69) is 20.2 Å². The van der Waals surface area contributed by atoms with Crippen LogP contribution in [0.3, 0.4) is 0 Å². The monoisotopic (exact) mass is 413 g/mol. The van der Waals surface area contributed by atoms with Gasteiger partial charge in [0.15, 0.2) is 21.1 Å². The fraction of sp³-hybridized carbons (Fsp3) is 0.350. The third-order valence-electron chi connectivity index (χ3n) is 5.80. The maximum atomic E-state index is 13.3. The van der Waals surface area contributed by atoms with Crippen LogP contribution in [0.4, 0.5) is 4.39 Å². The van der Waals surface area contributed by atoms with Gasteiger partial charge in [0.25, 0.3) is 0 Å². The normalized spacial score (nSPS) is 20.1. The quantitative estimate of drug-likeness (QED) is 0.518. The number of rotatable bonds is 4. The zero-order valence-electron chi connectivity index (χ0n) is 15.8. The van der Waals surface area contributed by atoms with Gasteiger partial charge in [-0.2, -0.15) is 0 Å². The number of fused-ring (bicyclic) bond motifs is 3. The molecule has 150 valence electrons. The highest BCUT2D eigenvalue weighted by molar-refractivity contribution is 7.91. The Hall–Kier alpha value is -2.81. The minimum absolute atomic E-state index is 0.0327. The Morgan fingerprint density at radius 2 is 2.10 bits per heavy atom. The number of H-pyrrole nitrogens is 1. The van der Waals surface area contributed by atoms with Gasteiger partial charge in [-0.05, 0) is 61.9 Å². The molecule has 1 aromatic carbocycles. The summed E-state index contributed by atoms with van der Waals surface area (Å²) >= 11 is 0. The third kappa shape index (κ3) is 3.09.